The summed E-state index contributed by atoms with van der Waals surface area (Å²) in [6, 6.07) is 6.58. The Kier molecular flexibility index (Phi) is 7.27. The molecule has 2 heterocycles. The number of imidazole rings is 2. The lowest BCUT2D eigenvalue weighted by atomic mass is 10.1. The third kappa shape index (κ3) is 5.55. The molecular weight excluding hydrogens is 400 g/mol. The molecule has 0 bridgehead atoms. The van der Waals surface area contributed by atoms with Gasteiger partial charge in [0.1, 0.15) is 37.9 Å². The van der Waals surface area contributed by atoms with E-state index in [1.54, 1.807) is 0 Å². The highest BCUT2D eigenvalue weighted by Crippen LogP contribution is 2.21. The second-order valence-corrected chi connectivity index (χ2v) is 8.04. The molecule has 0 unspecified atom stereocenters. The minimum atomic E-state index is 0.885. The molecule has 0 aliphatic carbocycles. The Morgan fingerprint density at radius 1 is 0.815 bits per heavy atom. The molecule has 144 valence electrons. The highest BCUT2D eigenvalue weighted by atomic mass is 79.9. The maximum Gasteiger partial charge on any atom is 0.244 e. The summed E-state index contributed by atoms with van der Waals surface area (Å²) in [5.41, 5.74) is 2.63. The first-order valence-corrected chi connectivity index (χ1v) is 10.8. The third-order valence-corrected chi connectivity index (χ3v) is 5.92. The summed E-state index contributed by atoms with van der Waals surface area (Å²) in [7, 11) is 0. The van der Waals surface area contributed by atoms with E-state index in [9.17, 15) is 0 Å². The fourth-order valence-corrected chi connectivity index (χ4v) is 3.80. The second-order valence-electron chi connectivity index (χ2n) is 7.24. The van der Waals surface area contributed by atoms with Crippen molar-refractivity contribution in [2.75, 3.05) is 0 Å². The zero-order chi connectivity index (χ0) is 19.1. The van der Waals surface area contributed by atoms with Gasteiger partial charge < -0.3 is 0 Å². The summed E-state index contributed by atoms with van der Waals surface area (Å²) in [5.74, 6) is 0. The van der Waals surface area contributed by atoms with Crippen LogP contribution in [-0.4, -0.2) is 9.13 Å². The molecular formula is C22H31BrN4+2. The molecule has 3 rings (SSSR count). The van der Waals surface area contributed by atoms with Crippen molar-refractivity contribution in [1.29, 1.82) is 0 Å². The van der Waals surface area contributed by atoms with Crippen LogP contribution in [0.2, 0.25) is 0 Å². The topological polar surface area (TPSA) is 17.6 Å². The van der Waals surface area contributed by atoms with Gasteiger partial charge >= 0.3 is 0 Å². The molecule has 0 saturated carbocycles. The van der Waals surface area contributed by atoms with Gasteiger partial charge in [-0.15, -0.1) is 0 Å². The van der Waals surface area contributed by atoms with Crippen LogP contribution in [0, 0.1) is 0 Å². The normalized spacial score (nSPS) is 11.2. The number of aryl methyl sites for hydroxylation is 2. The minimum absolute atomic E-state index is 0.885. The lowest BCUT2D eigenvalue weighted by molar-refractivity contribution is -0.689. The van der Waals surface area contributed by atoms with Crippen LogP contribution >= 0.6 is 15.9 Å². The SMILES string of the molecule is CCCCn1cc[n+](Cc2cccc(C[n+]3ccn(CCCC)c3)c2Br)c1. The first kappa shape index (κ1) is 19.9. The number of unbranched alkanes of at least 4 members (excludes halogenated alkanes) is 2. The van der Waals surface area contributed by atoms with Gasteiger partial charge in [-0.2, -0.15) is 0 Å². The fourth-order valence-electron chi connectivity index (χ4n) is 3.28. The predicted molar refractivity (Wildman–Crippen MR) is 111 cm³/mol. The van der Waals surface area contributed by atoms with Gasteiger partial charge in [-0.05, 0) is 28.8 Å². The van der Waals surface area contributed by atoms with Crippen molar-refractivity contribution < 1.29 is 9.13 Å². The molecule has 1 aromatic carbocycles. The Hall–Kier alpha value is -1.88. The molecule has 0 aliphatic rings. The van der Waals surface area contributed by atoms with Crippen LogP contribution in [0.25, 0.3) is 0 Å². The van der Waals surface area contributed by atoms with E-state index in [4.69, 9.17) is 0 Å². The van der Waals surface area contributed by atoms with Crippen LogP contribution in [0.4, 0.5) is 0 Å². The number of hydrogen-bond acceptors (Lipinski definition) is 0. The molecule has 0 saturated heterocycles. The average molecular weight is 431 g/mol. The summed E-state index contributed by atoms with van der Waals surface area (Å²) in [6.45, 7) is 8.42. The molecule has 3 aromatic rings. The van der Waals surface area contributed by atoms with Crippen molar-refractivity contribution in [2.45, 2.75) is 65.7 Å². The number of benzene rings is 1. The van der Waals surface area contributed by atoms with Gasteiger partial charge in [0.25, 0.3) is 0 Å². The lowest BCUT2D eigenvalue weighted by Gasteiger charge is -2.07. The van der Waals surface area contributed by atoms with Crippen LogP contribution in [0.5, 0.6) is 0 Å². The molecule has 0 aliphatic heterocycles. The van der Waals surface area contributed by atoms with E-state index >= 15 is 0 Å². The maximum absolute atomic E-state index is 3.85. The van der Waals surface area contributed by atoms with Gasteiger partial charge in [0, 0.05) is 15.6 Å². The van der Waals surface area contributed by atoms with Crippen LogP contribution < -0.4 is 9.13 Å². The average Bonchev–Trinajstić information content (AvgIpc) is 3.31. The summed E-state index contributed by atoms with van der Waals surface area (Å²) < 4.78 is 10.3. The van der Waals surface area contributed by atoms with E-state index in [0.717, 1.165) is 26.2 Å². The monoisotopic (exact) mass is 430 g/mol. The van der Waals surface area contributed by atoms with Gasteiger partial charge in [-0.25, -0.2) is 18.3 Å². The van der Waals surface area contributed by atoms with Gasteiger partial charge in [-0.1, -0.05) is 44.9 Å². The van der Waals surface area contributed by atoms with Crippen molar-refractivity contribution in [2.24, 2.45) is 0 Å². The number of hydrogen-bond donors (Lipinski definition) is 0. The molecule has 4 nitrogen and oxygen atoms in total. The zero-order valence-electron chi connectivity index (χ0n) is 16.5. The van der Waals surface area contributed by atoms with Crippen LogP contribution in [-0.2, 0) is 26.2 Å². The van der Waals surface area contributed by atoms with Gasteiger partial charge in [0.15, 0.2) is 0 Å². The lowest BCUT2D eigenvalue weighted by Crippen LogP contribution is -2.33. The van der Waals surface area contributed by atoms with Crippen molar-refractivity contribution in [3.63, 3.8) is 0 Å². The smallest absolute Gasteiger partial charge is 0.237 e. The second kappa shape index (κ2) is 9.88. The molecule has 0 fully saturated rings. The summed E-state index contributed by atoms with van der Waals surface area (Å²) >= 11 is 3.85. The van der Waals surface area contributed by atoms with Crippen LogP contribution in [0.15, 0.2) is 60.1 Å². The predicted octanol–water partition coefficient (Wildman–Crippen LogP) is 4.32. The summed E-state index contributed by atoms with van der Waals surface area (Å²) in [6.07, 6.45) is 18.0. The Labute approximate surface area is 171 Å². The maximum atomic E-state index is 3.85. The van der Waals surface area contributed by atoms with E-state index in [1.165, 1.54) is 41.3 Å². The molecule has 2 aromatic heterocycles. The van der Waals surface area contributed by atoms with E-state index in [1.807, 2.05) is 0 Å². The Morgan fingerprint density at radius 3 is 1.74 bits per heavy atom. The molecule has 27 heavy (non-hydrogen) atoms. The largest absolute Gasteiger partial charge is 0.244 e. The Bertz CT molecular complexity index is 783. The molecule has 0 spiro atoms. The van der Waals surface area contributed by atoms with Crippen LogP contribution in [0.1, 0.15) is 50.7 Å². The van der Waals surface area contributed by atoms with Crippen molar-refractivity contribution in [1.82, 2.24) is 9.13 Å². The summed E-state index contributed by atoms with van der Waals surface area (Å²) in [5, 5.41) is 0. The number of rotatable bonds is 10. The molecule has 0 atom stereocenters. The minimum Gasteiger partial charge on any atom is -0.237 e. The van der Waals surface area contributed by atoms with Gasteiger partial charge in [-0.3, -0.25) is 0 Å². The van der Waals surface area contributed by atoms with E-state index < -0.39 is 0 Å². The third-order valence-electron chi connectivity index (χ3n) is 4.90. The number of halogens is 1. The first-order valence-electron chi connectivity index (χ1n) is 10.1. The molecule has 0 radical (unpaired) electrons. The standard InChI is InChI=1S/C22H31BrN4/c1-3-5-10-24-12-14-26(18-24)16-20-8-7-9-21(22(20)23)17-27-15-13-25(19-27)11-6-4-2/h7-9,12-15,18-19H,3-6,10-11,16-17H2,1-2H3/q+2. The fraction of sp³-hybridized carbons (Fsp3) is 0.455. The number of aromatic nitrogens is 4. The number of nitrogens with zero attached hydrogens (tertiary/aromatic N) is 4. The van der Waals surface area contributed by atoms with Crippen molar-refractivity contribution in [3.8, 4) is 0 Å². The van der Waals surface area contributed by atoms with Crippen molar-refractivity contribution in [3.05, 3.63) is 71.2 Å². The van der Waals surface area contributed by atoms with E-state index in [-0.39, 0.29) is 0 Å². The zero-order valence-corrected chi connectivity index (χ0v) is 18.1. The van der Waals surface area contributed by atoms with Crippen molar-refractivity contribution >= 4 is 15.9 Å². The van der Waals surface area contributed by atoms with E-state index in [2.05, 4.69) is 104 Å². The van der Waals surface area contributed by atoms with Gasteiger partial charge in [0.05, 0.1) is 13.1 Å². The summed E-state index contributed by atoms with van der Waals surface area (Å²) in [4.78, 5) is 0. The molecule has 0 amide bonds. The Morgan fingerprint density at radius 2 is 1.30 bits per heavy atom. The Balaban J connectivity index is 1.68. The molecule has 5 heteroatoms. The quantitative estimate of drug-likeness (QED) is 0.426. The van der Waals surface area contributed by atoms with Gasteiger partial charge in [0.2, 0.25) is 12.7 Å². The first-order chi connectivity index (χ1) is 13.2. The molecule has 0 N–H and O–H groups in total. The van der Waals surface area contributed by atoms with Crippen LogP contribution in [0.3, 0.4) is 0 Å². The van der Waals surface area contributed by atoms with E-state index in [0.29, 0.717) is 0 Å². The highest BCUT2D eigenvalue weighted by molar-refractivity contribution is 9.10. The highest BCUT2D eigenvalue weighted by Gasteiger charge is 2.12.